The monoisotopic (exact) mass is 517 g/mol. The van der Waals surface area contributed by atoms with Crippen molar-refractivity contribution < 1.29 is 9.59 Å². The number of piperazine rings is 1. The fraction of sp³-hybridized carbons (Fsp3) is 0.296. The fourth-order valence-electron chi connectivity index (χ4n) is 4.63. The highest BCUT2D eigenvalue weighted by Crippen LogP contribution is 2.33. The Balaban J connectivity index is 1.32. The summed E-state index contributed by atoms with van der Waals surface area (Å²) in [4.78, 5) is 41.3. The van der Waals surface area contributed by atoms with Crippen LogP contribution in [0, 0.1) is 0 Å². The molecule has 0 spiro atoms. The van der Waals surface area contributed by atoms with Gasteiger partial charge in [-0.05, 0) is 42.8 Å². The van der Waals surface area contributed by atoms with Crippen LogP contribution in [-0.2, 0) is 11.3 Å². The van der Waals surface area contributed by atoms with Crippen molar-refractivity contribution in [3.05, 3.63) is 65.7 Å². The number of benzene rings is 1. The highest BCUT2D eigenvalue weighted by atomic mass is 35.5. The number of halogens is 1. The predicted octanol–water partition coefficient (Wildman–Crippen LogP) is 4.60. The minimum absolute atomic E-state index is 0.0374. The number of aromatic nitrogens is 4. The Morgan fingerprint density at radius 3 is 2.38 bits per heavy atom. The Kier molecular flexibility index (Phi) is 7.05. The van der Waals surface area contributed by atoms with E-state index in [1.54, 1.807) is 41.2 Å². The third-order valence-electron chi connectivity index (χ3n) is 6.54. The number of nitrogens with one attached hydrogen (secondary N) is 1. The summed E-state index contributed by atoms with van der Waals surface area (Å²) in [5.74, 6) is 0.458. The molecule has 1 fully saturated rings. The molecule has 0 saturated carbocycles. The van der Waals surface area contributed by atoms with Gasteiger partial charge in [0.2, 0.25) is 11.9 Å². The molecule has 1 saturated heterocycles. The van der Waals surface area contributed by atoms with E-state index in [-0.39, 0.29) is 11.8 Å². The molecule has 0 aliphatic carbocycles. The van der Waals surface area contributed by atoms with Gasteiger partial charge < -0.3 is 19.7 Å². The van der Waals surface area contributed by atoms with E-state index in [1.807, 2.05) is 24.3 Å². The molecule has 1 N–H and O–H groups in total. The first-order valence-electron chi connectivity index (χ1n) is 12.3. The maximum atomic E-state index is 12.9. The minimum Gasteiger partial charge on any atom is -0.344 e. The third kappa shape index (κ3) is 5.13. The molecule has 10 heteroatoms. The summed E-state index contributed by atoms with van der Waals surface area (Å²) in [5.41, 5.74) is 4.01. The van der Waals surface area contributed by atoms with Gasteiger partial charge >= 0.3 is 0 Å². The Labute approximate surface area is 220 Å². The number of anilines is 2. The zero-order valence-electron chi connectivity index (χ0n) is 20.8. The van der Waals surface area contributed by atoms with Gasteiger partial charge in [0.15, 0.2) is 5.15 Å². The first-order valence-corrected chi connectivity index (χ1v) is 12.7. The van der Waals surface area contributed by atoms with Gasteiger partial charge in [0, 0.05) is 80.4 Å². The van der Waals surface area contributed by atoms with Crippen LogP contribution in [0.5, 0.6) is 0 Å². The summed E-state index contributed by atoms with van der Waals surface area (Å²) in [6.07, 6.45) is 6.45. The van der Waals surface area contributed by atoms with Crippen LogP contribution in [0.25, 0.3) is 22.2 Å². The second-order valence-electron chi connectivity index (χ2n) is 9.00. The third-order valence-corrected chi connectivity index (χ3v) is 6.81. The van der Waals surface area contributed by atoms with Crippen molar-refractivity contribution in [3.8, 4) is 11.3 Å². The predicted molar refractivity (Wildman–Crippen MR) is 144 cm³/mol. The molecule has 9 nitrogen and oxygen atoms in total. The summed E-state index contributed by atoms with van der Waals surface area (Å²) in [7, 11) is 0. The lowest BCUT2D eigenvalue weighted by Gasteiger charge is -2.34. The number of fused-ring (bicyclic) bond motifs is 1. The smallest absolute Gasteiger partial charge is 0.253 e. The first kappa shape index (κ1) is 24.7. The van der Waals surface area contributed by atoms with Crippen LogP contribution in [0.1, 0.15) is 30.6 Å². The van der Waals surface area contributed by atoms with Crippen LogP contribution in [-0.4, -0.2) is 67.3 Å². The summed E-state index contributed by atoms with van der Waals surface area (Å²) < 4.78 is 2.12. The average Bonchev–Trinajstić information content (AvgIpc) is 3.29. The van der Waals surface area contributed by atoms with Crippen molar-refractivity contribution in [2.24, 2.45) is 0 Å². The molecule has 0 unspecified atom stereocenters. The number of amides is 2. The minimum atomic E-state index is -0.0374. The summed E-state index contributed by atoms with van der Waals surface area (Å²) in [6, 6.07) is 11.1. The summed E-state index contributed by atoms with van der Waals surface area (Å²) in [6.45, 7) is 6.71. The van der Waals surface area contributed by atoms with Crippen LogP contribution < -0.4 is 5.32 Å². The Hall–Kier alpha value is -3.98. The van der Waals surface area contributed by atoms with Crippen LogP contribution in [0.15, 0.2) is 55.0 Å². The van der Waals surface area contributed by atoms with Crippen LogP contribution in [0.2, 0.25) is 5.15 Å². The highest BCUT2D eigenvalue weighted by molar-refractivity contribution is 6.34. The molecule has 0 radical (unpaired) electrons. The van der Waals surface area contributed by atoms with E-state index in [2.05, 4.69) is 33.0 Å². The number of hydrogen-bond donors (Lipinski definition) is 1. The van der Waals surface area contributed by atoms with Crippen molar-refractivity contribution in [2.75, 3.05) is 31.5 Å². The number of carbonyl (C=O) groups is 2. The molecular formula is C27H28ClN7O2. The van der Waals surface area contributed by atoms with Crippen molar-refractivity contribution >= 4 is 46.0 Å². The molecule has 4 aromatic rings. The van der Waals surface area contributed by atoms with Gasteiger partial charge in [-0.3, -0.25) is 9.59 Å². The van der Waals surface area contributed by atoms with E-state index < -0.39 is 0 Å². The van der Waals surface area contributed by atoms with Gasteiger partial charge in [-0.1, -0.05) is 18.5 Å². The number of rotatable bonds is 6. The molecule has 3 aromatic heterocycles. The summed E-state index contributed by atoms with van der Waals surface area (Å²) >= 11 is 6.42. The van der Waals surface area contributed by atoms with E-state index in [1.165, 1.54) is 0 Å². The average molecular weight is 518 g/mol. The molecule has 190 valence electrons. The highest BCUT2D eigenvalue weighted by Gasteiger charge is 2.23. The molecular weight excluding hydrogens is 490 g/mol. The SMILES string of the molecule is CCCn1cc(-c2ccnc(Nc3ccc(C(=O)N4CCN(C(C)=O)CC4)cc3)n2)c2ccnc(Cl)c21. The molecule has 5 rings (SSSR count). The van der Waals surface area contributed by atoms with Crippen molar-refractivity contribution in [2.45, 2.75) is 26.8 Å². The normalized spacial score (nSPS) is 13.7. The molecule has 1 aromatic carbocycles. The van der Waals surface area contributed by atoms with Crippen molar-refractivity contribution in [1.82, 2.24) is 29.3 Å². The lowest BCUT2D eigenvalue weighted by molar-refractivity contribution is -0.130. The lowest BCUT2D eigenvalue weighted by atomic mass is 10.1. The molecule has 4 heterocycles. The van der Waals surface area contributed by atoms with E-state index in [9.17, 15) is 9.59 Å². The first-order chi connectivity index (χ1) is 17.9. The van der Waals surface area contributed by atoms with Crippen molar-refractivity contribution in [1.29, 1.82) is 0 Å². The zero-order valence-corrected chi connectivity index (χ0v) is 21.6. The Bertz CT molecular complexity index is 1440. The van der Waals surface area contributed by atoms with Crippen molar-refractivity contribution in [3.63, 3.8) is 0 Å². The van der Waals surface area contributed by atoms with E-state index in [0.717, 1.165) is 40.8 Å². The maximum Gasteiger partial charge on any atom is 0.253 e. The molecule has 0 bridgehead atoms. The van der Waals surface area contributed by atoms with E-state index in [4.69, 9.17) is 16.6 Å². The second-order valence-corrected chi connectivity index (χ2v) is 9.36. The van der Waals surface area contributed by atoms with Gasteiger partial charge in [0.1, 0.15) is 0 Å². The number of hydrogen-bond acceptors (Lipinski definition) is 6. The maximum absolute atomic E-state index is 12.9. The quantitative estimate of drug-likeness (QED) is 0.375. The van der Waals surface area contributed by atoms with Crippen LogP contribution in [0.3, 0.4) is 0 Å². The van der Waals surface area contributed by atoms with Crippen LogP contribution >= 0.6 is 11.6 Å². The largest absolute Gasteiger partial charge is 0.344 e. The van der Waals surface area contributed by atoms with Gasteiger partial charge in [-0.15, -0.1) is 0 Å². The molecule has 2 amide bonds. The van der Waals surface area contributed by atoms with E-state index in [0.29, 0.717) is 42.8 Å². The molecule has 0 atom stereocenters. The second kappa shape index (κ2) is 10.6. The Morgan fingerprint density at radius 1 is 0.973 bits per heavy atom. The molecule has 37 heavy (non-hydrogen) atoms. The van der Waals surface area contributed by atoms with Gasteiger partial charge in [0.25, 0.3) is 5.91 Å². The van der Waals surface area contributed by atoms with E-state index >= 15 is 0 Å². The number of pyridine rings is 1. The zero-order chi connectivity index (χ0) is 25.9. The summed E-state index contributed by atoms with van der Waals surface area (Å²) in [5, 5.41) is 4.70. The van der Waals surface area contributed by atoms with Gasteiger partial charge in [-0.25, -0.2) is 15.0 Å². The standard InChI is InChI=1S/C27H28ClN7O2/c1-3-12-35-17-22(21-8-10-29-25(28)24(21)35)23-9-11-30-27(32-23)31-20-6-4-19(5-7-20)26(37)34-15-13-33(14-16-34)18(2)36/h4-11,17H,3,12-16H2,1-2H3,(H,30,31,32). The number of aryl methyl sites for hydroxylation is 1. The Morgan fingerprint density at radius 2 is 1.68 bits per heavy atom. The van der Waals surface area contributed by atoms with Gasteiger partial charge in [0.05, 0.1) is 11.2 Å². The number of nitrogens with zero attached hydrogens (tertiary/aromatic N) is 6. The number of carbonyl (C=O) groups excluding carboxylic acids is 2. The molecule has 1 aliphatic heterocycles. The molecule has 1 aliphatic rings. The fourth-order valence-corrected chi connectivity index (χ4v) is 4.90. The van der Waals surface area contributed by atoms with Crippen LogP contribution in [0.4, 0.5) is 11.6 Å². The topological polar surface area (TPSA) is 96.2 Å². The lowest BCUT2D eigenvalue weighted by Crippen LogP contribution is -2.50. The van der Waals surface area contributed by atoms with Gasteiger partial charge in [-0.2, -0.15) is 0 Å².